The average molecular weight is 539 g/mol. The number of benzene rings is 1. The van der Waals surface area contributed by atoms with Gasteiger partial charge in [-0.15, -0.1) is 5.10 Å². The first kappa shape index (κ1) is 24.0. The Kier molecular flexibility index (Phi) is 5.64. The van der Waals surface area contributed by atoms with Crippen LogP contribution in [0.15, 0.2) is 61.2 Å². The maximum Gasteiger partial charge on any atom is 0.333 e. The number of carbonyl (C=O) groups is 1. The Balaban J connectivity index is 1.37. The van der Waals surface area contributed by atoms with Crippen molar-refractivity contribution >= 4 is 28.8 Å². The zero-order valence-electron chi connectivity index (χ0n) is 19.7. The standard InChI is InChI=1S/C25H18ClF3N8O/c1-25(18-5-8-36(34-18)24(28)29)11-15(16-12-32-20-10-19(27)35-37(20)21(16)25)23(38)33-13-3-4-14(17(26)9-13)22-30-6-2-7-31-22/h2-10,12,15,24H,11H2,1H3,(H,33,38)/t15-,25+/m0/s1. The van der Waals surface area contributed by atoms with Gasteiger partial charge in [-0.05, 0) is 43.7 Å². The third-order valence-corrected chi connectivity index (χ3v) is 7.04. The molecule has 4 heterocycles. The molecular weight excluding hydrogens is 521 g/mol. The van der Waals surface area contributed by atoms with Crippen LogP contribution in [0.2, 0.25) is 5.02 Å². The number of fused-ring (bicyclic) bond motifs is 3. The molecule has 1 aromatic carbocycles. The highest BCUT2D eigenvalue weighted by atomic mass is 35.5. The number of carbonyl (C=O) groups excluding carboxylic acids is 1. The second-order valence-electron chi connectivity index (χ2n) is 9.10. The molecule has 9 nitrogen and oxygen atoms in total. The van der Waals surface area contributed by atoms with Crippen molar-refractivity contribution in [1.82, 2.24) is 34.3 Å². The first-order valence-corrected chi connectivity index (χ1v) is 11.9. The molecule has 0 spiro atoms. The predicted molar refractivity (Wildman–Crippen MR) is 131 cm³/mol. The fraction of sp³-hybridized carbons (Fsp3) is 0.200. The van der Waals surface area contributed by atoms with E-state index >= 15 is 0 Å². The zero-order chi connectivity index (χ0) is 26.6. The van der Waals surface area contributed by atoms with Gasteiger partial charge < -0.3 is 5.32 Å². The third-order valence-electron chi connectivity index (χ3n) is 6.73. The highest BCUT2D eigenvalue weighted by Crippen LogP contribution is 2.49. The second-order valence-corrected chi connectivity index (χ2v) is 9.51. The number of hydrogen-bond acceptors (Lipinski definition) is 6. The van der Waals surface area contributed by atoms with E-state index in [0.717, 1.165) is 6.07 Å². The van der Waals surface area contributed by atoms with Gasteiger partial charge in [0.25, 0.3) is 0 Å². The van der Waals surface area contributed by atoms with Crippen molar-refractivity contribution in [2.24, 2.45) is 0 Å². The number of rotatable bonds is 5. The summed E-state index contributed by atoms with van der Waals surface area (Å²) in [4.78, 5) is 26.2. The molecule has 192 valence electrons. The van der Waals surface area contributed by atoms with Crippen molar-refractivity contribution in [3.63, 3.8) is 0 Å². The van der Waals surface area contributed by atoms with Crippen LogP contribution in [-0.4, -0.2) is 40.3 Å². The van der Waals surface area contributed by atoms with E-state index in [-0.39, 0.29) is 18.0 Å². The molecule has 1 aliphatic carbocycles. The Hall–Kier alpha value is -4.32. The van der Waals surface area contributed by atoms with Crippen LogP contribution in [0.4, 0.5) is 18.9 Å². The van der Waals surface area contributed by atoms with E-state index in [2.05, 4.69) is 30.5 Å². The number of amides is 1. The molecule has 0 radical (unpaired) electrons. The van der Waals surface area contributed by atoms with Crippen LogP contribution < -0.4 is 5.32 Å². The van der Waals surface area contributed by atoms with E-state index in [1.54, 1.807) is 43.6 Å². The summed E-state index contributed by atoms with van der Waals surface area (Å²) in [6.07, 6.45) is 6.03. The molecule has 1 aliphatic rings. The third kappa shape index (κ3) is 3.88. The molecule has 13 heteroatoms. The Morgan fingerprint density at radius 3 is 2.66 bits per heavy atom. The van der Waals surface area contributed by atoms with Gasteiger partial charge in [0.05, 0.1) is 27.7 Å². The average Bonchev–Trinajstić information content (AvgIpc) is 3.60. The van der Waals surface area contributed by atoms with Crippen LogP contribution in [0.25, 0.3) is 17.0 Å². The van der Waals surface area contributed by atoms with E-state index in [0.29, 0.717) is 43.7 Å². The molecule has 0 saturated heterocycles. The largest absolute Gasteiger partial charge is 0.333 e. The van der Waals surface area contributed by atoms with E-state index in [1.165, 1.54) is 23.0 Å². The topological polar surface area (TPSA) is 103 Å². The lowest BCUT2D eigenvalue weighted by Crippen LogP contribution is -2.26. The number of nitrogens with one attached hydrogen (secondary N) is 1. The summed E-state index contributed by atoms with van der Waals surface area (Å²) in [6, 6.07) is 9.29. The minimum absolute atomic E-state index is 0.167. The normalized spacial score (nSPS) is 18.7. The van der Waals surface area contributed by atoms with Crippen molar-refractivity contribution in [1.29, 1.82) is 0 Å². The van der Waals surface area contributed by atoms with Gasteiger partial charge in [-0.2, -0.15) is 18.3 Å². The maximum atomic E-state index is 14.1. The van der Waals surface area contributed by atoms with Gasteiger partial charge in [-0.3, -0.25) is 4.79 Å². The molecule has 0 unspecified atom stereocenters. The molecule has 5 aromatic rings. The second kappa shape index (κ2) is 8.91. The van der Waals surface area contributed by atoms with Gasteiger partial charge in [-0.25, -0.2) is 24.1 Å². The van der Waals surface area contributed by atoms with Gasteiger partial charge in [0.1, 0.15) is 0 Å². The molecule has 0 bridgehead atoms. The van der Waals surface area contributed by atoms with Gasteiger partial charge in [0.2, 0.25) is 11.9 Å². The van der Waals surface area contributed by atoms with Gasteiger partial charge in [0, 0.05) is 47.7 Å². The predicted octanol–water partition coefficient (Wildman–Crippen LogP) is 5.00. The first-order valence-electron chi connectivity index (χ1n) is 11.5. The van der Waals surface area contributed by atoms with Crippen LogP contribution in [-0.2, 0) is 10.2 Å². The van der Waals surface area contributed by atoms with Crippen molar-refractivity contribution in [3.05, 3.63) is 89.1 Å². The minimum Gasteiger partial charge on any atom is -0.326 e. The molecular formula is C25H18ClF3N8O. The molecule has 6 rings (SSSR count). The van der Waals surface area contributed by atoms with E-state index < -0.39 is 23.8 Å². The Morgan fingerprint density at radius 1 is 1.16 bits per heavy atom. The lowest BCUT2D eigenvalue weighted by molar-refractivity contribution is -0.117. The number of halogens is 4. The number of nitrogens with zero attached hydrogens (tertiary/aromatic N) is 7. The number of aromatic nitrogens is 7. The van der Waals surface area contributed by atoms with Crippen molar-refractivity contribution < 1.29 is 18.0 Å². The smallest absolute Gasteiger partial charge is 0.326 e. The van der Waals surface area contributed by atoms with Crippen molar-refractivity contribution in [3.8, 4) is 11.4 Å². The van der Waals surface area contributed by atoms with Crippen LogP contribution in [0.1, 0.15) is 42.8 Å². The van der Waals surface area contributed by atoms with Crippen LogP contribution in [0, 0.1) is 5.95 Å². The lowest BCUT2D eigenvalue weighted by atomic mass is 9.82. The molecule has 1 amide bonds. The summed E-state index contributed by atoms with van der Waals surface area (Å²) in [5, 5.41) is 11.2. The van der Waals surface area contributed by atoms with Gasteiger partial charge in [-0.1, -0.05) is 11.6 Å². The van der Waals surface area contributed by atoms with Crippen LogP contribution in [0.5, 0.6) is 0 Å². The Labute approximate surface area is 218 Å². The summed E-state index contributed by atoms with van der Waals surface area (Å²) in [7, 11) is 0. The highest BCUT2D eigenvalue weighted by Gasteiger charge is 2.48. The van der Waals surface area contributed by atoms with Gasteiger partial charge >= 0.3 is 6.55 Å². The summed E-state index contributed by atoms with van der Waals surface area (Å²) >= 11 is 6.45. The molecule has 2 atom stereocenters. The summed E-state index contributed by atoms with van der Waals surface area (Å²) < 4.78 is 42.5. The fourth-order valence-corrected chi connectivity index (χ4v) is 5.25. The van der Waals surface area contributed by atoms with Crippen molar-refractivity contribution in [2.45, 2.75) is 31.2 Å². The first-order chi connectivity index (χ1) is 18.2. The maximum absolute atomic E-state index is 14.1. The summed E-state index contributed by atoms with van der Waals surface area (Å²) in [5.41, 5.74) is 1.49. The van der Waals surface area contributed by atoms with Crippen molar-refractivity contribution in [2.75, 3.05) is 5.32 Å². The van der Waals surface area contributed by atoms with Gasteiger partial charge in [0.15, 0.2) is 11.5 Å². The highest BCUT2D eigenvalue weighted by molar-refractivity contribution is 6.33. The van der Waals surface area contributed by atoms with E-state index in [1.807, 2.05) is 0 Å². The Morgan fingerprint density at radius 2 is 1.95 bits per heavy atom. The van der Waals surface area contributed by atoms with E-state index in [9.17, 15) is 18.0 Å². The van der Waals surface area contributed by atoms with E-state index in [4.69, 9.17) is 11.6 Å². The molecule has 0 fully saturated rings. The lowest BCUT2D eigenvalue weighted by Gasteiger charge is -2.23. The zero-order valence-corrected chi connectivity index (χ0v) is 20.4. The number of hydrogen-bond donors (Lipinski definition) is 1. The molecule has 38 heavy (non-hydrogen) atoms. The number of alkyl halides is 2. The minimum atomic E-state index is -2.83. The van der Waals surface area contributed by atoms with Crippen LogP contribution in [0.3, 0.4) is 0 Å². The molecule has 0 saturated carbocycles. The van der Waals surface area contributed by atoms with Crippen LogP contribution >= 0.6 is 11.6 Å². The molecule has 0 aliphatic heterocycles. The monoisotopic (exact) mass is 538 g/mol. The summed E-state index contributed by atoms with van der Waals surface area (Å²) in [5.74, 6) is -1.44. The Bertz CT molecular complexity index is 1690. The fourth-order valence-electron chi connectivity index (χ4n) is 4.98. The molecule has 1 N–H and O–H groups in total. The quantitative estimate of drug-likeness (QED) is 0.338. The molecule has 4 aromatic heterocycles. The summed E-state index contributed by atoms with van der Waals surface area (Å²) in [6.45, 7) is -1.07. The SMILES string of the molecule is C[C@]1(c2ccn(C(F)F)n2)C[C@H](C(=O)Nc2ccc(-c3ncccn3)c(Cl)c2)c2cnc3cc(F)nn3c21. The number of anilines is 1.